The maximum atomic E-state index is 5.48. The van der Waals surface area contributed by atoms with Gasteiger partial charge in [0.25, 0.3) is 0 Å². The van der Waals surface area contributed by atoms with E-state index in [9.17, 15) is 0 Å². The summed E-state index contributed by atoms with van der Waals surface area (Å²) in [6, 6.07) is 56.4. The van der Waals surface area contributed by atoms with Crippen molar-refractivity contribution < 1.29 is 0 Å². The second-order valence-electron chi connectivity index (χ2n) is 12.1. The first kappa shape index (κ1) is 27.4. The second-order valence-corrected chi connectivity index (χ2v) is 14.2. The Hall–Kier alpha value is -5.68. The van der Waals surface area contributed by atoms with E-state index >= 15 is 0 Å². The van der Waals surface area contributed by atoms with Gasteiger partial charge >= 0.3 is 0 Å². The molecule has 48 heavy (non-hydrogen) atoms. The molecule has 0 unspecified atom stereocenters. The maximum absolute atomic E-state index is 5.48. The van der Waals surface area contributed by atoms with Crippen LogP contribution in [0.1, 0.15) is 0 Å². The molecule has 0 bridgehead atoms. The molecule has 2 nitrogen and oxygen atoms in total. The molecule has 0 spiro atoms. The van der Waals surface area contributed by atoms with Gasteiger partial charge in [-0.2, -0.15) is 0 Å². The van der Waals surface area contributed by atoms with Gasteiger partial charge in [-0.3, -0.25) is 0 Å². The largest absolute Gasteiger partial charge is 0.228 e. The Kier molecular flexibility index (Phi) is 6.26. The van der Waals surface area contributed by atoms with E-state index in [0.29, 0.717) is 0 Å². The molecule has 0 fully saturated rings. The van der Waals surface area contributed by atoms with Crippen LogP contribution in [0, 0.1) is 0 Å². The zero-order valence-corrected chi connectivity index (χ0v) is 27.4. The quantitative estimate of drug-likeness (QED) is 0.190. The Labute approximate surface area is 285 Å². The fraction of sp³-hybridized carbons (Fsp3) is 0. The van der Waals surface area contributed by atoms with Crippen molar-refractivity contribution in [1.29, 1.82) is 0 Å². The summed E-state index contributed by atoms with van der Waals surface area (Å²) in [4.78, 5) is 11.0. The van der Waals surface area contributed by atoms with Gasteiger partial charge in [-0.05, 0) is 40.1 Å². The highest BCUT2D eigenvalue weighted by Gasteiger charge is 2.20. The number of rotatable bonds is 4. The summed E-state index contributed by atoms with van der Waals surface area (Å²) in [5, 5.41) is 7.39. The SMILES string of the molecule is c1ccc(-c2ccc3ccccc3c2-c2nc(-c3cccc4c3sc3ccccc34)cc(-c3cccc4c3sc3ccccc34)n2)cc1. The predicted molar refractivity (Wildman–Crippen MR) is 207 cm³/mol. The average Bonchev–Trinajstić information content (AvgIpc) is 3.73. The van der Waals surface area contributed by atoms with Crippen molar-refractivity contribution in [2.45, 2.75) is 0 Å². The summed E-state index contributed by atoms with van der Waals surface area (Å²) in [5.41, 5.74) is 7.43. The van der Waals surface area contributed by atoms with Gasteiger partial charge in [0.15, 0.2) is 5.82 Å². The van der Waals surface area contributed by atoms with Crippen molar-refractivity contribution in [3.05, 3.63) is 158 Å². The summed E-state index contributed by atoms with van der Waals surface area (Å²) in [6.07, 6.45) is 0. The van der Waals surface area contributed by atoms with Crippen LogP contribution in [0.2, 0.25) is 0 Å². The van der Waals surface area contributed by atoms with Crippen LogP contribution in [-0.4, -0.2) is 9.97 Å². The molecule has 0 N–H and O–H groups in total. The lowest BCUT2D eigenvalue weighted by atomic mass is 9.93. The Balaban J connectivity index is 1.32. The van der Waals surface area contributed by atoms with E-state index in [1.54, 1.807) is 0 Å². The first-order chi connectivity index (χ1) is 23.8. The average molecular weight is 647 g/mol. The first-order valence-corrected chi connectivity index (χ1v) is 17.7. The van der Waals surface area contributed by atoms with Crippen LogP contribution in [0.25, 0.3) is 96.1 Å². The molecule has 7 aromatic carbocycles. The molecule has 0 atom stereocenters. The van der Waals surface area contributed by atoms with E-state index in [1.165, 1.54) is 45.7 Å². The highest BCUT2D eigenvalue weighted by atomic mass is 32.1. The monoisotopic (exact) mass is 646 g/mol. The minimum absolute atomic E-state index is 0.731. The number of fused-ring (bicyclic) bond motifs is 7. The molecule has 0 amide bonds. The molecule has 0 aliphatic carbocycles. The lowest BCUT2D eigenvalue weighted by Gasteiger charge is -2.16. The van der Waals surface area contributed by atoms with Gasteiger partial charge in [-0.1, -0.05) is 140 Å². The molecule has 0 aliphatic heterocycles. The van der Waals surface area contributed by atoms with Gasteiger partial charge in [0, 0.05) is 57.0 Å². The van der Waals surface area contributed by atoms with Crippen LogP contribution in [0.3, 0.4) is 0 Å². The van der Waals surface area contributed by atoms with Crippen molar-refractivity contribution in [2.75, 3.05) is 0 Å². The van der Waals surface area contributed by atoms with E-state index in [4.69, 9.17) is 9.97 Å². The maximum Gasteiger partial charge on any atom is 0.161 e. The molecular weight excluding hydrogens is 621 g/mol. The van der Waals surface area contributed by atoms with Gasteiger partial charge in [-0.25, -0.2) is 9.97 Å². The third-order valence-electron chi connectivity index (χ3n) is 9.32. The highest BCUT2D eigenvalue weighted by Crippen LogP contribution is 2.44. The normalized spacial score (nSPS) is 11.8. The Bertz CT molecular complexity index is 2710. The van der Waals surface area contributed by atoms with Gasteiger partial charge in [0.05, 0.1) is 11.4 Å². The lowest BCUT2D eigenvalue weighted by molar-refractivity contribution is 1.19. The Morgan fingerprint density at radius 2 is 0.896 bits per heavy atom. The van der Waals surface area contributed by atoms with Crippen molar-refractivity contribution in [1.82, 2.24) is 9.97 Å². The van der Waals surface area contributed by atoms with Gasteiger partial charge in [0.2, 0.25) is 0 Å². The molecule has 3 aromatic heterocycles. The fourth-order valence-electron chi connectivity index (χ4n) is 7.10. The molecular formula is C44H26N2S2. The van der Waals surface area contributed by atoms with E-state index < -0.39 is 0 Å². The second kappa shape index (κ2) is 11.0. The highest BCUT2D eigenvalue weighted by molar-refractivity contribution is 7.26. The number of hydrogen-bond donors (Lipinski definition) is 0. The van der Waals surface area contributed by atoms with E-state index in [1.807, 2.05) is 22.7 Å². The van der Waals surface area contributed by atoms with E-state index in [-0.39, 0.29) is 0 Å². The molecule has 10 rings (SSSR count). The number of thiophene rings is 2. The van der Waals surface area contributed by atoms with Crippen LogP contribution in [-0.2, 0) is 0 Å². The third kappa shape index (κ3) is 4.31. The van der Waals surface area contributed by atoms with Gasteiger partial charge in [0.1, 0.15) is 0 Å². The standard InChI is InChI=1S/C44H26N2S2/c1-2-12-27(13-3-1)30-25-24-28-14-4-5-15-29(28)41(30)44-45-37(35-20-10-18-33-31-16-6-8-22-39(31)47-42(33)35)26-38(46-44)36-21-11-19-34-32-17-7-9-23-40(32)48-43(34)36/h1-26H. The molecule has 0 saturated heterocycles. The number of aromatic nitrogens is 2. The fourth-order valence-corrected chi connectivity index (χ4v) is 9.55. The summed E-state index contributed by atoms with van der Waals surface area (Å²) in [5.74, 6) is 0.731. The zero-order valence-electron chi connectivity index (χ0n) is 25.7. The van der Waals surface area contributed by atoms with Crippen molar-refractivity contribution >= 4 is 73.8 Å². The Morgan fingerprint density at radius 3 is 1.52 bits per heavy atom. The number of nitrogens with zero attached hydrogens (tertiary/aromatic N) is 2. The molecule has 4 heteroatoms. The molecule has 0 radical (unpaired) electrons. The van der Waals surface area contributed by atoms with Crippen molar-refractivity contribution in [2.24, 2.45) is 0 Å². The van der Waals surface area contributed by atoms with Crippen LogP contribution >= 0.6 is 22.7 Å². The summed E-state index contributed by atoms with van der Waals surface area (Å²) in [6.45, 7) is 0. The minimum atomic E-state index is 0.731. The summed E-state index contributed by atoms with van der Waals surface area (Å²) in [7, 11) is 0. The lowest BCUT2D eigenvalue weighted by Crippen LogP contribution is -1.98. The number of hydrogen-bond acceptors (Lipinski definition) is 4. The molecule has 10 aromatic rings. The van der Waals surface area contributed by atoms with Gasteiger partial charge in [-0.15, -0.1) is 22.7 Å². The molecule has 3 heterocycles. The Morgan fingerprint density at radius 1 is 0.375 bits per heavy atom. The van der Waals surface area contributed by atoms with Crippen LogP contribution in [0.15, 0.2) is 158 Å². The van der Waals surface area contributed by atoms with Crippen LogP contribution < -0.4 is 0 Å². The summed E-state index contributed by atoms with van der Waals surface area (Å²) < 4.78 is 5.06. The van der Waals surface area contributed by atoms with Crippen LogP contribution in [0.5, 0.6) is 0 Å². The summed E-state index contributed by atoms with van der Waals surface area (Å²) >= 11 is 3.67. The number of benzene rings is 7. The van der Waals surface area contributed by atoms with Crippen molar-refractivity contribution in [3.8, 4) is 45.0 Å². The van der Waals surface area contributed by atoms with E-state index in [0.717, 1.165) is 50.4 Å². The topological polar surface area (TPSA) is 25.8 Å². The molecule has 0 aliphatic rings. The smallest absolute Gasteiger partial charge is 0.161 e. The minimum Gasteiger partial charge on any atom is -0.228 e. The predicted octanol–water partition coefficient (Wildman–Crippen LogP) is 13.0. The van der Waals surface area contributed by atoms with E-state index in [2.05, 4.69) is 158 Å². The zero-order chi connectivity index (χ0) is 31.6. The first-order valence-electron chi connectivity index (χ1n) is 16.1. The molecule has 224 valence electrons. The third-order valence-corrected chi connectivity index (χ3v) is 11.8. The van der Waals surface area contributed by atoms with Crippen LogP contribution in [0.4, 0.5) is 0 Å². The van der Waals surface area contributed by atoms with Crippen molar-refractivity contribution in [3.63, 3.8) is 0 Å². The van der Waals surface area contributed by atoms with Gasteiger partial charge < -0.3 is 0 Å². The molecule has 0 saturated carbocycles.